The molecule has 3 heteroatoms. The molecule has 1 aromatic heterocycles. The quantitative estimate of drug-likeness (QED) is 0.875. The Morgan fingerprint density at radius 2 is 2.18 bits per heavy atom. The molecular formula is C14H14N2O. The molecule has 1 heterocycles. The molecule has 0 bridgehead atoms. The highest BCUT2D eigenvalue weighted by atomic mass is 16.3. The van der Waals surface area contributed by atoms with Gasteiger partial charge in [-0.15, -0.1) is 0 Å². The van der Waals surface area contributed by atoms with Gasteiger partial charge in [-0.05, 0) is 24.1 Å². The Kier molecular flexibility index (Phi) is 3.36. The maximum Gasteiger partial charge on any atom is 0.0986 e. The Labute approximate surface area is 100 Å². The van der Waals surface area contributed by atoms with Gasteiger partial charge in [-0.1, -0.05) is 25.1 Å². The topological polar surface area (TPSA) is 56.9 Å². The second-order valence-electron chi connectivity index (χ2n) is 4.04. The van der Waals surface area contributed by atoms with Crippen LogP contribution >= 0.6 is 0 Å². The molecule has 3 nitrogen and oxygen atoms in total. The molecule has 0 saturated carbocycles. The molecule has 0 radical (unpaired) electrons. The number of nitriles is 1. The molecule has 0 spiro atoms. The van der Waals surface area contributed by atoms with E-state index in [9.17, 15) is 5.11 Å². The number of fused-ring (bicyclic) bond motifs is 1. The molecule has 0 saturated heterocycles. The summed E-state index contributed by atoms with van der Waals surface area (Å²) in [6, 6.07) is 11.8. The minimum absolute atomic E-state index is 0.503. The van der Waals surface area contributed by atoms with Crippen LogP contribution in [0.5, 0.6) is 0 Å². The summed E-state index contributed by atoms with van der Waals surface area (Å²) in [5, 5.41) is 19.9. The van der Waals surface area contributed by atoms with Crippen molar-refractivity contribution in [3.05, 3.63) is 42.1 Å². The van der Waals surface area contributed by atoms with Crippen molar-refractivity contribution in [3.63, 3.8) is 0 Å². The van der Waals surface area contributed by atoms with E-state index < -0.39 is 12.0 Å². The van der Waals surface area contributed by atoms with E-state index in [1.54, 1.807) is 6.20 Å². The molecule has 2 atom stereocenters. The number of pyridine rings is 1. The maximum atomic E-state index is 9.79. The SMILES string of the molecule is CCC(O)C(C#N)c1cnc2ccccc2c1. The van der Waals surface area contributed by atoms with Crippen molar-refractivity contribution in [2.75, 3.05) is 0 Å². The lowest BCUT2D eigenvalue weighted by Crippen LogP contribution is -2.16. The molecule has 0 aliphatic rings. The fraction of sp³-hybridized carbons (Fsp3) is 0.286. The van der Waals surface area contributed by atoms with Crippen molar-refractivity contribution in [1.82, 2.24) is 4.98 Å². The van der Waals surface area contributed by atoms with Crippen molar-refractivity contribution >= 4 is 10.9 Å². The standard InChI is InChI=1S/C14H14N2O/c1-2-14(17)12(8-15)11-7-10-5-3-4-6-13(10)16-9-11/h3-7,9,12,14,17H,2H2,1H3. The van der Waals surface area contributed by atoms with Gasteiger partial charge in [0.2, 0.25) is 0 Å². The Bertz CT molecular complexity index is 559. The summed E-state index contributed by atoms with van der Waals surface area (Å²) in [5.74, 6) is -0.503. The first-order valence-electron chi connectivity index (χ1n) is 5.68. The van der Waals surface area contributed by atoms with E-state index in [0.29, 0.717) is 6.42 Å². The van der Waals surface area contributed by atoms with Gasteiger partial charge in [0.15, 0.2) is 0 Å². The van der Waals surface area contributed by atoms with Gasteiger partial charge in [-0.25, -0.2) is 0 Å². The van der Waals surface area contributed by atoms with Crippen LogP contribution < -0.4 is 0 Å². The van der Waals surface area contributed by atoms with E-state index in [1.165, 1.54) is 0 Å². The van der Waals surface area contributed by atoms with Crippen LogP contribution in [0.4, 0.5) is 0 Å². The normalized spacial score (nSPS) is 14.2. The summed E-state index contributed by atoms with van der Waals surface area (Å²) in [6.07, 6.45) is 1.60. The van der Waals surface area contributed by atoms with Crippen LogP contribution in [0.15, 0.2) is 36.5 Å². The number of para-hydroxylation sites is 1. The zero-order chi connectivity index (χ0) is 12.3. The molecule has 17 heavy (non-hydrogen) atoms. The Balaban J connectivity index is 2.45. The molecule has 86 valence electrons. The molecular weight excluding hydrogens is 212 g/mol. The predicted molar refractivity (Wildman–Crippen MR) is 66.4 cm³/mol. The number of rotatable bonds is 3. The van der Waals surface area contributed by atoms with Gasteiger partial charge in [0.25, 0.3) is 0 Å². The van der Waals surface area contributed by atoms with Gasteiger partial charge >= 0.3 is 0 Å². The highest BCUT2D eigenvalue weighted by molar-refractivity contribution is 5.78. The summed E-state index contributed by atoms with van der Waals surface area (Å²) < 4.78 is 0. The number of aliphatic hydroxyl groups is 1. The smallest absolute Gasteiger partial charge is 0.0986 e. The third kappa shape index (κ3) is 2.27. The first-order valence-corrected chi connectivity index (χ1v) is 5.68. The Morgan fingerprint density at radius 3 is 2.88 bits per heavy atom. The van der Waals surface area contributed by atoms with E-state index in [0.717, 1.165) is 16.5 Å². The van der Waals surface area contributed by atoms with Crippen LogP contribution in [-0.4, -0.2) is 16.2 Å². The predicted octanol–water partition coefficient (Wildman–Crippen LogP) is 2.61. The van der Waals surface area contributed by atoms with E-state index in [4.69, 9.17) is 5.26 Å². The fourth-order valence-corrected chi connectivity index (χ4v) is 1.88. The molecule has 0 amide bonds. The van der Waals surface area contributed by atoms with Crippen molar-refractivity contribution < 1.29 is 5.11 Å². The highest BCUT2D eigenvalue weighted by Gasteiger charge is 2.19. The average molecular weight is 226 g/mol. The van der Waals surface area contributed by atoms with Crippen molar-refractivity contribution in [2.24, 2.45) is 0 Å². The van der Waals surface area contributed by atoms with E-state index in [2.05, 4.69) is 11.1 Å². The van der Waals surface area contributed by atoms with Gasteiger partial charge in [-0.3, -0.25) is 4.98 Å². The van der Waals surface area contributed by atoms with Gasteiger partial charge in [0, 0.05) is 11.6 Å². The summed E-state index contributed by atoms with van der Waals surface area (Å²) in [4.78, 5) is 4.30. The number of benzene rings is 1. The van der Waals surface area contributed by atoms with Crippen LogP contribution in [0.25, 0.3) is 10.9 Å². The largest absolute Gasteiger partial charge is 0.391 e. The molecule has 1 aromatic carbocycles. The van der Waals surface area contributed by atoms with Crippen LogP contribution in [-0.2, 0) is 0 Å². The zero-order valence-corrected chi connectivity index (χ0v) is 9.67. The summed E-state index contributed by atoms with van der Waals surface area (Å²) >= 11 is 0. The lowest BCUT2D eigenvalue weighted by Gasteiger charge is -2.15. The molecule has 2 rings (SSSR count). The van der Waals surface area contributed by atoms with Crippen LogP contribution in [0, 0.1) is 11.3 Å². The second kappa shape index (κ2) is 4.94. The number of aliphatic hydroxyl groups excluding tert-OH is 1. The van der Waals surface area contributed by atoms with Gasteiger partial charge in [-0.2, -0.15) is 5.26 Å². The minimum Gasteiger partial charge on any atom is -0.391 e. The molecule has 2 aromatic rings. The van der Waals surface area contributed by atoms with E-state index in [-0.39, 0.29) is 0 Å². The monoisotopic (exact) mass is 226 g/mol. The summed E-state index contributed by atoms with van der Waals surface area (Å²) in [6.45, 7) is 1.86. The first kappa shape index (κ1) is 11.6. The molecule has 0 aliphatic heterocycles. The molecule has 1 N–H and O–H groups in total. The van der Waals surface area contributed by atoms with Crippen molar-refractivity contribution in [2.45, 2.75) is 25.4 Å². The molecule has 2 unspecified atom stereocenters. The van der Waals surface area contributed by atoms with E-state index in [1.807, 2.05) is 37.3 Å². The number of nitrogens with zero attached hydrogens (tertiary/aromatic N) is 2. The third-order valence-corrected chi connectivity index (χ3v) is 2.91. The molecule has 0 fully saturated rings. The first-order chi connectivity index (χ1) is 8.26. The fourth-order valence-electron chi connectivity index (χ4n) is 1.88. The number of aromatic nitrogens is 1. The Hall–Kier alpha value is -1.92. The van der Waals surface area contributed by atoms with Crippen molar-refractivity contribution in [3.8, 4) is 6.07 Å². The van der Waals surface area contributed by atoms with Gasteiger partial charge < -0.3 is 5.11 Å². The van der Waals surface area contributed by atoms with Gasteiger partial charge in [0.1, 0.15) is 0 Å². The summed E-state index contributed by atoms with van der Waals surface area (Å²) in [7, 11) is 0. The Morgan fingerprint density at radius 1 is 1.41 bits per heavy atom. The van der Waals surface area contributed by atoms with Crippen LogP contribution in [0.2, 0.25) is 0 Å². The minimum atomic E-state index is -0.636. The van der Waals surface area contributed by atoms with Gasteiger partial charge in [0.05, 0.1) is 23.6 Å². The molecule has 0 aliphatic carbocycles. The zero-order valence-electron chi connectivity index (χ0n) is 9.67. The average Bonchev–Trinajstić information content (AvgIpc) is 2.39. The lowest BCUT2D eigenvalue weighted by atomic mass is 9.94. The number of hydrogen-bond donors (Lipinski definition) is 1. The number of hydrogen-bond acceptors (Lipinski definition) is 3. The van der Waals surface area contributed by atoms with E-state index >= 15 is 0 Å². The summed E-state index contributed by atoms with van der Waals surface area (Å²) in [5.41, 5.74) is 1.68. The van der Waals surface area contributed by atoms with Crippen LogP contribution in [0.3, 0.4) is 0 Å². The highest BCUT2D eigenvalue weighted by Crippen LogP contribution is 2.23. The van der Waals surface area contributed by atoms with Crippen LogP contribution in [0.1, 0.15) is 24.8 Å². The second-order valence-corrected chi connectivity index (χ2v) is 4.04. The lowest BCUT2D eigenvalue weighted by molar-refractivity contribution is 0.157. The third-order valence-electron chi connectivity index (χ3n) is 2.91. The van der Waals surface area contributed by atoms with Crippen molar-refractivity contribution in [1.29, 1.82) is 5.26 Å². The maximum absolute atomic E-state index is 9.79.